The normalized spacial score (nSPS) is 23.5. The first-order valence-electron chi connectivity index (χ1n) is 6.79. The quantitative estimate of drug-likeness (QED) is 0.371. The molecule has 0 bridgehead atoms. The van der Waals surface area contributed by atoms with Crippen molar-refractivity contribution in [1.29, 1.82) is 0 Å². The van der Waals surface area contributed by atoms with E-state index in [0.717, 1.165) is 12.8 Å². The summed E-state index contributed by atoms with van der Waals surface area (Å²) in [5.41, 5.74) is -0.261. The molecule has 116 valence electrons. The van der Waals surface area contributed by atoms with Crippen LogP contribution >= 0.6 is 39.1 Å². The van der Waals surface area contributed by atoms with Crippen LogP contribution in [0.3, 0.4) is 0 Å². The number of rotatable bonds is 5. The van der Waals surface area contributed by atoms with E-state index in [9.17, 15) is 10.1 Å². The monoisotopic (exact) mass is 395 g/mol. The van der Waals surface area contributed by atoms with E-state index in [1.54, 1.807) is 6.07 Å². The Labute approximate surface area is 142 Å². The van der Waals surface area contributed by atoms with Crippen LogP contribution in [0.25, 0.3) is 0 Å². The van der Waals surface area contributed by atoms with Crippen molar-refractivity contribution in [2.75, 3.05) is 0 Å². The third-order valence-electron chi connectivity index (χ3n) is 4.45. The van der Waals surface area contributed by atoms with Crippen molar-refractivity contribution in [1.82, 2.24) is 0 Å². The van der Waals surface area contributed by atoms with Gasteiger partial charge in [-0.3, -0.25) is 10.1 Å². The van der Waals surface area contributed by atoms with Gasteiger partial charge in [0, 0.05) is 28.3 Å². The largest absolute Gasteiger partial charge is 0.482 e. The van der Waals surface area contributed by atoms with Crippen molar-refractivity contribution in [2.24, 2.45) is 5.41 Å². The number of nitro benzene ring substituents is 1. The second kappa shape index (κ2) is 6.31. The van der Waals surface area contributed by atoms with Gasteiger partial charge in [0.25, 0.3) is 0 Å². The number of hydrogen-bond acceptors (Lipinski definition) is 3. The minimum Gasteiger partial charge on any atom is -0.482 e. The fourth-order valence-electron chi connectivity index (χ4n) is 2.95. The van der Waals surface area contributed by atoms with Crippen LogP contribution in [0.5, 0.6) is 5.75 Å². The lowest BCUT2D eigenvalue weighted by atomic mass is 9.62. The standard InChI is InChI=1S/C14H16BrCl2NO3/c1-3-14(4-2)11(17)7-12(14)21-13-9(15)5-8(16)6-10(13)18(19)20/h5-6,11-12H,3-4,7H2,1-2H3. The third-order valence-corrected chi connectivity index (χ3v) is 5.87. The van der Waals surface area contributed by atoms with Crippen LogP contribution in [0, 0.1) is 15.5 Å². The van der Waals surface area contributed by atoms with E-state index in [0.29, 0.717) is 15.9 Å². The maximum atomic E-state index is 11.2. The van der Waals surface area contributed by atoms with Crippen LogP contribution in [0.4, 0.5) is 5.69 Å². The molecule has 1 fully saturated rings. The number of nitro groups is 1. The molecule has 0 spiro atoms. The van der Waals surface area contributed by atoms with Crippen molar-refractivity contribution < 1.29 is 9.66 Å². The Morgan fingerprint density at radius 2 is 2.10 bits per heavy atom. The highest BCUT2D eigenvalue weighted by molar-refractivity contribution is 9.10. The van der Waals surface area contributed by atoms with E-state index in [1.165, 1.54) is 6.07 Å². The first kappa shape index (κ1) is 16.8. The number of hydrogen-bond donors (Lipinski definition) is 0. The fraction of sp³-hybridized carbons (Fsp3) is 0.571. The van der Waals surface area contributed by atoms with Crippen molar-refractivity contribution in [3.05, 3.63) is 31.7 Å². The lowest BCUT2D eigenvalue weighted by molar-refractivity contribution is -0.386. The molecule has 4 nitrogen and oxygen atoms in total. The predicted octanol–water partition coefficient (Wildman–Crippen LogP) is 5.58. The van der Waals surface area contributed by atoms with Gasteiger partial charge in [-0.15, -0.1) is 11.6 Å². The van der Waals surface area contributed by atoms with Gasteiger partial charge in [0.05, 0.1) is 9.40 Å². The summed E-state index contributed by atoms with van der Waals surface area (Å²) in [4.78, 5) is 10.7. The van der Waals surface area contributed by atoms with Gasteiger partial charge >= 0.3 is 5.69 Å². The van der Waals surface area contributed by atoms with Crippen molar-refractivity contribution in [3.63, 3.8) is 0 Å². The first-order chi connectivity index (χ1) is 9.85. The van der Waals surface area contributed by atoms with E-state index in [-0.39, 0.29) is 28.3 Å². The summed E-state index contributed by atoms with van der Waals surface area (Å²) < 4.78 is 6.45. The predicted molar refractivity (Wildman–Crippen MR) is 87.5 cm³/mol. The highest BCUT2D eigenvalue weighted by Crippen LogP contribution is 2.53. The van der Waals surface area contributed by atoms with Crippen molar-refractivity contribution in [3.8, 4) is 5.75 Å². The lowest BCUT2D eigenvalue weighted by Gasteiger charge is -2.52. The van der Waals surface area contributed by atoms with E-state index < -0.39 is 4.92 Å². The number of ether oxygens (including phenoxy) is 1. The maximum absolute atomic E-state index is 11.2. The SMILES string of the molecule is CCC1(CC)C(Cl)CC1Oc1c(Br)cc(Cl)cc1[N+](=O)[O-]. The van der Waals surface area contributed by atoms with Gasteiger partial charge in [0.1, 0.15) is 6.10 Å². The van der Waals surface area contributed by atoms with Gasteiger partial charge in [0.15, 0.2) is 0 Å². The molecule has 7 heteroatoms. The summed E-state index contributed by atoms with van der Waals surface area (Å²) >= 11 is 15.5. The van der Waals surface area contributed by atoms with Crippen LogP contribution in [-0.2, 0) is 0 Å². The molecule has 0 aromatic heterocycles. The van der Waals surface area contributed by atoms with Gasteiger partial charge in [-0.2, -0.15) is 0 Å². The molecule has 1 saturated carbocycles. The van der Waals surface area contributed by atoms with Crippen LogP contribution in [0.15, 0.2) is 16.6 Å². The molecule has 0 radical (unpaired) electrons. The topological polar surface area (TPSA) is 52.4 Å². The minimum absolute atomic E-state index is 0.0441. The first-order valence-corrected chi connectivity index (χ1v) is 8.40. The molecule has 1 aromatic carbocycles. The van der Waals surface area contributed by atoms with Crippen molar-refractivity contribution >= 4 is 44.8 Å². The average Bonchev–Trinajstić information content (AvgIpc) is 2.41. The number of benzene rings is 1. The molecule has 2 rings (SSSR count). The molecular weight excluding hydrogens is 381 g/mol. The highest BCUT2D eigenvalue weighted by atomic mass is 79.9. The second-order valence-corrected chi connectivity index (χ2v) is 7.06. The molecule has 0 heterocycles. The Balaban J connectivity index is 2.34. The molecule has 0 N–H and O–H groups in total. The molecule has 2 atom stereocenters. The van der Waals surface area contributed by atoms with Crippen LogP contribution < -0.4 is 4.74 Å². The Kier molecular flexibility index (Phi) is 5.06. The summed E-state index contributed by atoms with van der Waals surface area (Å²) in [6.07, 6.45) is 2.32. The number of nitrogens with zero attached hydrogens (tertiary/aromatic N) is 1. The molecule has 0 saturated heterocycles. The summed E-state index contributed by atoms with van der Waals surface area (Å²) in [5, 5.41) is 11.5. The molecular formula is C14H16BrCl2NO3. The number of alkyl halides is 1. The van der Waals surface area contributed by atoms with Crippen LogP contribution in [-0.4, -0.2) is 16.4 Å². The second-order valence-electron chi connectivity index (χ2n) is 5.24. The minimum atomic E-state index is -0.484. The Morgan fingerprint density at radius 3 is 2.57 bits per heavy atom. The molecule has 21 heavy (non-hydrogen) atoms. The summed E-state index contributed by atoms with van der Waals surface area (Å²) in [7, 11) is 0. The molecule has 1 aliphatic rings. The molecule has 1 aliphatic carbocycles. The van der Waals surface area contributed by atoms with Gasteiger partial charge in [-0.05, 0) is 34.8 Å². The van der Waals surface area contributed by atoms with E-state index in [1.807, 2.05) is 0 Å². The Morgan fingerprint density at radius 1 is 1.48 bits per heavy atom. The lowest BCUT2D eigenvalue weighted by Crippen LogP contribution is -2.56. The van der Waals surface area contributed by atoms with Gasteiger partial charge in [-0.1, -0.05) is 25.4 Å². The maximum Gasteiger partial charge on any atom is 0.313 e. The zero-order valence-electron chi connectivity index (χ0n) is 11.7. The van der Waals surface area contributed by atoms with E-state index >= 15 is 0 Å². The highest BCUT2D eigenvalue weighted by Gasteiger charge is 2.54. The zero-order chi connectivity index (χ0) is 15.8. The Bertz CT molecular complexity index is 563. The van der Waals surface area contributed by atoms with Gasteiger partial charge < -0.3 is 4.74 Å². The number of halogens is 3. The van der Waals surface area contributed by atoms with E-state index in [2.05, 4.69) is 29.8 Å². The van der Waals surface area contributed by atoms with Gasteiger partial charge in [-0.25, -0.2) is 0 Å². The smallest absolute Gasteiger partial charge is 0.313 e. The zero-order valence-corrected chi connectivity index (χ0v) is 14.8. The summed E-state index contributed by atoms with van der Waals surface area (Å²) in [5.74, 6) is 0.226. The van der Waals surface area contributed by atoms with Gasteiger partial charge in [0.2, 0.25) is 5.75 Å². The third kappa shape index (κ3) is 2.88. The molecule has 1 aromatic rings. The molecule has 2 unspecified atom stereocenters. The molecule has 0 amide bonds. The van der Waals surface area contributed by atoms with E-state index in [4.69, 9.17) is 27.9 Å². The fourth-order valence-corrected chi connectivity index (χ4v) is 4.45. The average molecular weight is 397 g/mol. The summed E-state index contributed by atoms with van der Waals surface area (Å²) in [6.45, 7) is 4.14. The van der Waals surface area contributed by atoms with Crippen LogP contribution in [0.1, 0.15) is 33.1 Å². The summed E-state index contributed by atoms with van der Waals surface area (Å²) in [6, 6.07) is 2.90. The Hall–Kier alpha value is -0.520. The van der Waals surface area contributed by atoms with Crippen molar-refractivity contribution in [2.45, 2.75) is 44.6 Å². The van der Waals surface area contributed by atoms with Crippen LogP contribution in [0.2, 0.25) is 5.02 Å². The molecule has 0 aliphatic heterocycles.